The second-order valence-corrected chi connectivity index (χ2v) is 18.4. The molecule has 4 aromatic rings. The maximum absolute atomic E-state index is 13.0. The lowest BCUT2D eigenvalue weighted by Crippen LogP contribution is -2.52. The highest BCUT2D eigenvalue weighted by Gasteiger charge is 2.44. The van der Waals surface area contributed by atoms with E-state index in [0.29, 0.717) is 111 Å². The number of rotatable bonds is 25. The van der Waals surface area contributed by atoms with Gasteiger partial charge in [0.2, 0.25) is 17.2 Å². The number of hydrogen-bond acceptors (Lipinski definition) is 15. The monoisotopic (exact) mass is 1000 g/mol. The summed E-state index contributed by atoms with van der Waals surface area (Å²) in [5, 5.41) is 0. The van der Waals surface area contributed by atoms with Crippen molar-refractivity contribution in [2.75, 3.05) is 132 Å². The van der Waals surface area contributed by atoms with Crippen molar-refractivity contribution in [3.05, 3.63) is 88.0 Å². The minimum atomic E-state index is -0.627. The van der Waals surface area contributed by atoms with Gasteiger partial charge in [0.15, 0.2) is 46.0 Å². The van der Waals surface area contributed by atoms with Crippen LogP contribution < -0.4 is 52.1 Å². The number of quaternary nitrogens is 2. The van der Waals surface area contributed by atoms with Gasteiger partial charge in [0, 0.05) is 56.2 Å². The van der Waals surface area contributed by atoms with Crippen molar-refractivity contribution in [1.82, 2.24) is 0 Å². The molecule has 0 spiro atoms. The van der Waals surface area contributed by atoms with Crippen LogP contribution in [0.5, 0.6) is 63.2 Å². The molecule has 0 fully saturated rings. The van der Waals surface area contributed by atoms with Crippen molar-refractivity contribution in [3.8, 4) is 63.2 Å². The Bertz CT molecular complexity index is 2510. The van der Waals surface area contributed by atoms with Crippen LogP contribution in [0.1, 0.15) is 58.3 Å². The molecule has 2 heterocycles. The zero-order chi connectivity index (χ0) is 52.2. The van der Waals surface area contributed by atoms with Crippen LogP contribution in [0.25, 0.3) is 0 Å². The molecule has 0 saturated carbocycles. The lowest BCUT2D eigenvalue weighted by molar-refractivity contribution is -0.941. The maximum Gasteiger partial charge on any atom is 0.331 e. The Morgan fingerprint density at radius 3 is 1.26 bits per heavy atom. The van der Waals surface area contributed by atoms with Gasteiger partial charge >= 0.3 is 11.9 Å². The fraction of sp³-hybridized carbons (Fsp3) is 0.491. The molecule has 0 aromatic heterocycles. The van der Waals surface area contributed by atoms with Crippen LogP contribution in [-0.4, -0.2) is 153 Å². The van der Waals surface area contributed by atoms with Gasteiger partial charge in [0.1, 0.15) is 12.1 Å². The van der Waals surface area contributed by atoms with Crippen LogP contribution in [-0.2, 0) is 44.7 Å². The summed E-state index contributed by atoms with van der Waals surface area (Å²) in [6.07, 6.45) is 6.21. The molecule has 392 valence electrons. The van der Waals surface area contributed by atoms with Crippen LogP contribution in [0.4, 0.5) is 0 Å². The van der Waals surface area contributed by atoms with Gasteiger partial charge in [-0.1, -0.05) is 0 Å². The predicted molar refractivity (Wildman–Crippen MR) is 270 cm³/mol. The highest BCUT2D eigenvalue weighted by Crippen LogP contribution is 2.51. The molecule has 4 unspecified atom stereocenters. The Morgan fingerprint density at radius 2 is 0.833 bits per heavy atom. The molecule has 0 N–H and O–H groups in total. The minimum Gasteiger partial charge on any atom is -0.493 e. The molecular formula is C55H74N2O15+2. The highest BCUT2D eigenvalue weighted by atomic mass is 16.6. The normalized spacial score (nSPS) is 19.0. The molecule has 17 nitrogen and oxygen atoms in total. The number of esters is 2. The smallest absolute Gasteiger partial charge is 0.331 e. The third kappa shape index (κ3) is 11.8. The van der Waals surface area contributed by atoms with E-state index in [2.05, 4.69) is 26.2 Å². The number of likely N-dealkylation sites (N-methyl/N-ethyl adjacent to an activating group) is 2. The Kier molecular flexibility index (Phi) is 18.7. The van der Waals surface area contributed by atoms with Gasteiger partial charge in [0.25, 0.3) is 0 Å². The van der Waals surface area contributed by atoms with E-state index in [-0.39, 0.29) is 25.3 Å². The average molecular weight is 1000 g/mol. The first-order chi connectivity index (χ1) is 34.7. The largest absolute Gasteiger partial charge is 0.493 e. The van der Waals surface area contributed by atoms with Gasteiger partial charge in [-0.15, -0.1) is 0 Å². The molecule has 2 aliphatic rings. The summed E-state index contributed by atoms with van der Waals surface area (Å²) in [6, 6.07) is 14.0. The van der Waals surface area contributed by atoms with E-state index in [4.69, 9.17) is 61.6 Å². The number of carbonyl (C=O) groups is 2. The third-order valence-corrected chi connectivity index (χ3v) is 14.4. The van der Waals surface area contributed by atoms with Crippen LogP contribution in [0.3, 0.4) is 0 Å². The van der Waals surface area contributed by atoms with Gasteiger partial charge in [-0.3, -0.25) is 0 Å². The number of nitrogens with zero attached hydrogens (tertiary/aromatic N) is 2. The van der Waals surface area contributed by atoms with Crippen LogP contribution in [0.2, 0.25) is 0 Å². The van der Waals surface area contributed by atoms with E-state index in [0.717, 1.165) is 65.9 Å². The van der Waals surface area contributed by atoms with E-state index in [9.17, 15) is 9.59 Å². The molecule has 0 amide bonds. The Morgan fingerprint density at radius 1 is 0.458 bits per heavy atom. The summed E-state index contributed by atoms with van der Waals surface area (Å²) in [6.45, 7) is 3.33. The van der Waals surface area contributed by atoms with E-state index in [1.165, 1.54) is 5.56 Å². The number of ether oxygens (including phenoxy) is 13. The van der Waals surface area contributed by atoms with E-state index < -0.39 is 11.9 Å². The van der Waals surface area contributed by atoms with Crippen LogP contribution in [0.15, 0.2) is 54.6 Å². The lowest BCUT2D eigenvalue weighted by atomic mass is 9.85. The average Bonchev–Trinajstić information content (AvgIpc) is 3.40. The van der Waals surface area contributed by atoms with Crippen molar-refractivity contribution in [3.63, 3.8) is 0 Å². The topological polar surface area (TPSA) is 154 Å². The molecule has 6 rings (SSSR count). The third-order valence-electron chi connectivity index (χ3n) is 14.4. The molecular weight excluding hydrogens is 929 g/mol. The first-order valence-corrected chi connectivity index (χ1v) is 24.1. The van der Waals surface area contributed by atoms with Gasteiger partial charge in [-0.05, 0) is 64.7 Å². The van der Waals surface area contributed by atoms with Crippen molar-refractivity contribution >= 4 is 11.9 Å². The summed E-state index contributed by atoms with van der Waals surface area (Å²) in [5.74, 6) is 5.14. The van der Waals surface area contributed by atoms with Crippen LogP contribution >= 0.6 is 0 Å². The van der Waals surface area contributed by atoms with Gasteiger partial charge < -0.3 is 70.5 Å². The summed E-state index contributed by atoms with van der Waals surface area (Å²) in [4.78, 5) is 25.9. The first-order valence-electron chi connectivity index (χ1n) is 24.1. The van der Waals surface area contributed by atoms with Crippen molar-refractivity contribution in [1.29, 1.82) is 0 Å². The molecule has 0 aliphatic carbocycles. The zero-order valence-electron chi connectivity index (χ0n) is 44.4. The van der Waals surface area contributed by atoms with Crippen molar-refractivity contribution < 1.29 is 80.1 Å². The number of hydrogen-bond donors (Lipinski definition) is 0. The SMILES string of the molecule is COc1cc2c(cc1OC)C(Cc1cc(OC)c(OC)c(OC)c1)[N+](C)(CCCOC(=O)/C=C/C(=O)OCCC[N+]1(C)CCc3cc(OC)c(OC)c(OC)c3C1Cc1cc(OC)c(OC)c(OC)c1)CC2. The summed E-state index contributed by atoms with van der Waals surface area (Å²) < 4.78 is 75.7. The molecule has 2 aliphatic heterocycles. The van der Waals surface area contributed by atoms with E-state index in [1.54, 1.807) is 78.2 Å². The number of carbonyl (C=O) groups excluding carboxylic acids is 2. The lowest BCUT2D eigenvalue weighted by Gasteiger charge is -2.46. The molecule has 4 aromatic carbocycles. The van der Waals surface area contributed by atoms with Gasteiger partial charge in [-0.2, -0.15) is 0 Å². The molecule has 72 heavy (non-hydrogen) atoms. The van der Waals surface area contributed by atoms with Crippen molar-refractivity contribution in [2.45, 2.75) is 50.6 Å². The standard InChI is InChI=1S/C55H74N2O15/c1-56(22-18-37-32-42(60-3)43(61-4)34-39(37)40(56)26-35-28-44(62-5)52(67-10)45(29-35)63-6)20-14-24-71-49(58)16-17-50(59)72-25-15-21-57(2)23-19-38-33-48(66-9)54(69-12)55(70-13)51(38)41(57)27-36-30-46(64-7)53(68-11)47(31-36)65-8/h16-17,28-34,40-41H,14-15,18-27H2,1-13H3/q+2/b17-16+. The van der Waals surface area contributed by atoms with Crippen LogP contribution in [0, 0.1) is 0 Å². The number of methoxy groups -OCH3 is 11. The second kappa shape index (κ2) is 24.6. The quantitative estimate of drug-likeness (QED) is 0.0279. The number of benzene rings is 4. The predicted octanol–water partition coefficient (Wildman–Crippen LogP) is 7.48. The summed E-state index contributed by atoms with van der Waals surface area (Å²) >= 11 is 0. The van der Waals surface area contributed by atoms with E-state index in [1.807, 2.05) is 30.3 Å². The fourth-order valence-electron chi connectivity index (χ4n) is 10.5. The van der Waals surface area contributed by atoms with Crippen molar-refractivity contribution in [2.24, 2.45) is 0 Å². The first kappa shape index (κ1) is 54.6. The second-order valence-electron chi connectivity index (χ2n) is 18.4. The summed E-state index contributed by atoms with van der Waals surface area (Å²) in [7, 11) is 22.2. The fourth-order valence-corrected chi connectivity index (χ4v) is 10.5. The van der Waals surface area contributed by atoms with Gasteiger partial charge in [-0.25, -0.2) is 9.59 Å². The Balaban J connectivity index is 1.09. The zero-order valence-corrected chi connectivity index (χ0v) is 44.4. The Labute approximate surface area is 424 Å². The molecule has 17 heteroatoms. The number of fused-ring (bicyclic) bond motifs is 2. The van der Waals surface area contributed by atoms with Gasteiger partial charge in [0.05, 0.1) is 137 Å². The molecule has 0 saturated heterocycles. The van der Waals surface area contributed by atoms with E-state index >= 15 is 0 Å². The molecule has 0 radical (unpaired) electrons. The Hall–Kier alpha value is -6.72. The molecule has 0 bridgehead atoms. The maximum atomic E-state index is 13.0. The highest BCUT2D eigenvalue weighted by molar-refractivity contribution is 5.91. The molecule has 4 atom stereocenters. The summed E-state index contributed by atoms with van der Waals surface area (Å²) in [5.41, 5.74) is 6.45. The minimum absolute atomic E-state index is 0.0000674.